The lowest BCUT2D eigenvalue weighted by molar-refractivity contribution is -0.157. The molecule has 3 aliphatic rings. The van der Waals surface area contributed by atoms with Crippen LogP contribution in [0.5, 0.6) is 0 Å². The van der Waals surface area contributed by atoms with Gasteiger partial charge in [-0.1, -0.05) is 48.9 Å². The molecule has 2 N–H and O–H groups in total. The van der Waals surface area contributed by atoms with Gasteiger partial charge in [0.2, 0.25) is 5.91 Å². The lowest BCUT2D eigenvalue weighted by Gasteiger charge is -2.39. The number of hydrogen-bond donors (Lipinski definition) is 2. The molecule has 0 radical (unpaired) electrons. The first-order valence-corrected chi connectivity index (χ1v) is 15.3. The van der Waals surface area contributed by atoms with E-state index in [-0.39, 0.29) is 48.6 Å². The van der Waals surface area contributed by atoms with E-state index in [1.54, 1.807) is 37.3 Å². The molecule has 10 nitrogen and oxygen atoms in total. The first-order valence-electron chi connectivity index (χ1n) is 15.3. The van der Waals surface area contributed by atoms with Crippen molar-refractivity contribution in [3.05, 3.63) is 71.8 Å². The average molecular weight is 612 g/mol. The molecule has 44 heavy (non-hydrogen) atoms. The molecule has 3 saturated heterocycles. The van der Waals surface area contributed by atoms with Crippen LogP contribution in [-0.4, -0.2) is 84.9 Å². The van der Waals surface area contributed by atoms with Crippen molar-refractivity contribution < 1.29 is 43.2 Å². The molecular formula is C34H45NO9. The van der Waals surface area contributed by atoms with Gasteiger partial charge < -0.3 is 34.1 Å². The summed E-state index contributed by atoms with van der Waals surface area (Å²) >= 11 is 0. The molecular weight excluding hydrogens is 566 g/mol. The number of amides is 1. The minimum absolute atomic E-state index is 0.0152. The van der Waals surface area contributed by atoms with Crippen LogP contribution >= 0.6 is 0 Å². The number of hydrogen-bond acceptors (Lipinski definition) is 9. The lowest BCUT2D eigenvalue weighted by atomic mass is 9.87. The second-order valence-corrected chi connectivity index (χ2v) is 12.1. The molecule has 3 fully saturated rings. The van der Waals surface area contributed by atoms with Crippen molar-refractivity contribution in [1.29, 1.82) is 0 Å². The van der Waals surface area contributed by atoms with Crippen LogP contribution in [-0.2, 0) is 33.3 Å². The van der Waals surface area contributed by atoms with Gasteiger partial charge in [-0.3, -0.25) is 9.59 Å². The largest absolute Gasteiger partial charge is 0.469 e. The molecule has 0 aliphatic carbocycles. The highest BCUT2D eigenvalue weighted by Crippen LogP contribution is 2.43. The smallest absolute Gasteiger partial charge is 0.338 e. The molecule has 240 valence electrons. The van der Waals surface area contributed by atoms with Crippen molar-refractivity contribution in [2.24, 2.45) is 5.92 Å². The highest BCUT2D eigenvalue weighted by atomic mass is 16.6. The maximum Gasteiger partial charge on any atom is 0.338 e. The van der Waals surface area contributed by atoms with Crippen molar-refractivity contribution in [3.8, 4) is 0 Å². The van der Waals surface area contributed by atoms with Crippen LogP contribution in [0.15, 0.2) is 66.3 Å². The van der Waals surface area contributed by atoms with Gasteiger partial charge in [-0.25, -0.2) is 4.79 Å². The zero-order valence-corrected chi connectivity index (χ0v) is 26.1. The number of aliphatic hydroxyl groups is 1. The Morgan fingerprint density at radius 3 is 2.57 bits per heavy atom. The van der Waals surface area contributed by atoms with Crippen molar-refractivity contribution in [3.63, 3.8) is 0 Å². The number of rotatable bonds is 11. The Bertz CT molecular complexity index is 1240. The van der Waals surface area contributed by atoms with E-state index in [0.29, 0.717) is 25.0 Å². The maximum absolute atomic E-state index is 12.6. The Morgan fingerprint density at radius 2 is 1.89 bits per heavy atom. The van der Waals surface area contributed by atoms with E-state index in [4.69, 9.17) is 23.7 Å². The molecule has 3 heterocycles. The van der Waals surface area contributed by atoms with Crippen LogP contribution in [0.3, 0.4) is 0 Å². The number of ether oxygens (including phenoxy) is 5. The van der Waals surface area contributed by atoms with Gasteiger partial charge in [0.1, 0.15) is 23.9 Å². The first kappa shape index (κ1) is 33.6. The second kappa shape index (κ2) is 15.1. The summed E-state index contributed by atoms with van der Waals surface area (Å²) in [6.45, 7) is 8.20. The van der Waals surface area contributed by atoms with Crippen molar-refractivity contribution in [1.82, 2.24) is 5.32 Å². The van der Waals surface area contributed by atoms with Crippen LogP contribution in [0.25, 0.3) is 0 Å². The topological polar surface area (TPSA) is 133 Å². The molecule has 0 saturated carbocycles. The van der Waals surface area contributed by atoms with Crippen molar-refractivity contribution in [2.45, 2.75) is 102 Å². The molecule has 1 unspecified atom stereocenters. The third-order valence-corrected chi connectivity index (χ3v) is 8.50. The van der Waals surface area contributed by atoms with Crippen molar-refractivity contribution in [2.75, 3.05) is 13.7 Å². The molecule has 0 bridgehead atoms. The predicted octanol–water partition coefficient (Wildman–Crippen LogP) is 3.83. The van der Waals surface area contributed by atoms with E-state index in [1.165, 1.54) is 13.2 Å². The molecule has 10 heteroatoms. The summed E-state index contributed by atoms with van der Waals surface area (Å²) in [7, 11) is 1.34. The number of carbonyl (C=O) groups is 3. The highest BCUT2D eigenvalue weighted by molar-refractivity contribution is 5.90. The summed E-state index contributed by atoms with van der Waals surface area (Å²) < 4.78 is 28.0. The number of nitrogens with one attached hydrogen (secondary N) is 1. The number of carbonyl (C=O) groups excluding carboxylic acids is 3. The highest BCUT2D eigenvalue weighted by Gasteiger charge is 2.58. The summed E-state index contributed by atoms with van der Waals surface area (Å²) in [6, 6.07) is 8.57. The Kier molecular flexibility index (Phi) is 11.5. The number of methoxy groups -OCH3 is 1. The van der Waals surface area contributed by atoms with Crippen molar-refractivity contribution >= 4 is 17.8 Å². The van der Waals surface area contributed by atoms with Gasteiger partial charge in [-0.15, -0.1) is 0 Å². The van der Waals surface area contributed by atoms with Gasteiger partial charge in [-0.2, -0.15) is 0 Å². The monoisotopic (exact) mass is 611 g/mol. The Hall–Kier alpha value is -3.31. The predicted molar refractivity (Wildman–Crippen MR) is 163 cm³/mol. The number of epoxide rings is 1. The third kappa shape index (κ3) is 9.11. The van der Waals surface area contributed by atoms with Crippen LogP contribution in [0.2, 0.25) is 0 Å². The van der Waals surface area contributed by atoms with E-state index in [2.05, 4.69) is 18.3 Å². The van der Waals surface area contributed by atoms with E-state index in [9.17, 15) is 19.5 Å². The molecule has 4 rings (SSSR count). The van der Waals surface area contributed by atoms with E-state index >= 15 is 0 Å². The number of benzene rings is 1. The van der Waals surface area contributed by atoms with Gasteiger partial charge in [0, 0.05) is 12.5 Å². The molecule has 1 amide bonds. The van der Waals surface area contributed by atoms with E-state index in [1.807, 2.05) is 32.1 Å². The molecule has 1 aromatic rings. The van der Waals surface area contributed by atoms with Gasteiger partial charge in [0.05, 0.1) is 50.1 Å². The summed E-state index contributed by atoms with van der Waals surface area (Å²) in [5.41, 5.74) is 0.798. The molecule has 3 aliphatic heterocycles. The fraction of sp³-hybridized carbons (Fsp3) is 0.559. The molecule has 1 aromatic carbocycles. The Balaban J connectivity index is 1.23. The quantitative estimate of drug-likeness (QED) is 0.166. The van der Waals surface area contributed by atoms with Gasteiger partial charge in [0.15, 0.2) is 0 Å². The molecule has 9 atom stereocenters. The van der Waals surface area contributed by atoms with Gasteiger partial charge >= 0.3 is 11.9 Å². The van der Waals surface area contributed by atoms with E-state index < -0.39 is 29.9 Å². The first-order chi connectivity index (χ1) is 21.0. The number of aliphatic hydroxyl groups excluding tert-OH is 1. The second-order valence-electron chi connectivity index (χ2n) is 12.1. The standard InChI is InChI=1S/C34H45NO9/c1-21(12-15-29-32(38)34(20-41-34)19-26(44-29)18-31(37)40-5)11-14-28-22(2)17-27(24(4)43-28)35-30(36)16-13-23(3)42-33(39)25-9-7-6-8-10-25/h6-13,15-16,22-24,26-29,32,38H,14,17-20H2,1-5H3,(H,35,36)/b15-12+,16-13-,21-11+/t22-,23?,24+,26+,27+,28-,29+,32+,34+/m0/s1. The third-order valence-electron chi connectivity index (χ3n) is 8.50. The summed E-state index contributed by atoms with van der Waals surface area (Å²) in [4.78, 5) is 36.6. The maximum atomic E-state index is 12.6. The Morgan fingerprint density at radius 1 is 1.16 bits per heavy atom. The summed E-state index contributed by atoms with van der Waals surface area (Å²) in [6.07, 6.45) is 8.27. The fourth-order valence-corrected chi connectivity index (χ4v) is 5.71. The normalized spacial score (nSPS) is 32.9. The molecule has 1 spiro atoms. The minimum atomic E-state index is -0.808. The van der Waals surface area contributed by atoms with Crippen LogP contribution in [0, 0.1) is 5.92 Å². The zero-order valence-electron chi connectivity index (χ0n) is 26.1. The minimum Gasteiger partial charge on any atom is -0.469 e. The van der Waals surface area contributed by atoms with Gasteiger partial charge in [0.25, 0.3) is 0 Å². The average Bonchev–Trinajstić information content (AvgIpc) is 3.78. The number of esters is 2. The fourth-order valence-electron chi connectivity index (χ4n) is 5.71. The molecule has 0 aromatic heterocycles. The van der Waals surface area contributed by atoms with Crippen LogP contribution < -0.4 is 5.32 Å². The van der Waals surface area contributed by atoms with Crippen LogP contribution in [0.1, 0.15) is 63.7 Å². The Labute approximate surface area is 259 Å². The zero-order chi connectivity index (χ0) is 31.9. The number of allylic oxidation sites excluding steroid dienone is 2. The summed E-state index contributed by atoms with van der Waals surface area (Å²) in [5.74, 6) is -0.860. The SMILES string of the molecule is COC(=O)C[C@@H]1C[C@@]2(CO2)[C@H](O)[C@@H](/C=C/C(C)=C/C[C@@H]2O[C@H](C)[C@H](NC(=O)/C=C\C(C)OC(=O)c3ccccc3)C[C@@H]2C)O1. The van der Waals surface area contributed by atoms with E-state index in [0.717, 1.165) is 12.0 Å². The van der Waals surface area contributed by atoms with Crippen LogP contribution in [0.4, 0.5) is 0 Å². The van der Waals surface area contributed by atoms with Gasteiger partial charge in [-0.05, 0) is 57.7 Å². The summed E-state index contributed by atoms with van der Waals surface area (Å²) in [5, 5.41) is 13.8. The lowest BCUT2D eigenvalue weighted by Crippen LogP contribution is -2.50.